The highest BCUT2D eigenvalue weighted by molar-refractivity contribution is 5.96. The van der Waals surface area contributed by atoms with E-state index >= 15 is 0 Å². The lowest BCUT2D eigenvalue weighted by molar-refractivity contribution is -0.127. The number of rotatable bonds is 7. The second-order valence-corrected chi connectivity index (χ2v) is 5.03. The second-order valence-electron chi connectivity index (χ2n) is 5.03. The molecule has 1 aromatic rings. The lowest BCUT2D eigenvalue weighted by Crippen LogP contribution is -2.27. The van der Waals surface area contributed by atoms with Gasteiger partial charge in [-0.05, 0) is 36.8 Å². The lowest BCUT2D eigenvalue weighted by Gasteiger charge is -2.10. The molecule has 0 heterocycles. The van der Waals surface area contributed by atoms with Crippen LogP contribution in [0.15, 0.2) is 24.3 Å². The van der Waals surface area contributed by atoms with Gasteiger partial charge in [-0.2, -0.15) is 0 Å². The summed E-state index contributed by atoms with van der Waals surface area (Å²) in [7, 11) is 0. The van der Waals surface area contributed by atoms with E-state index in [0.29, 0.717) is 12.5 Å². The first-order chi connectivity index (χ1) is 9.02. The van der Waals surface area contributed by atoms with Crippen LogP contribution in [0.25, 0.3) is 0 Å². The van der Waals surface area contributed by atoms with Gasteiger partial charge in [0.2, 0.25) is 5.91 Å². The van der Waals surface area contributed by atoms with E-state index in [0.717, 1.165) is 12.8 Å². The van der Waals surface area contributed by atoms with Gasteiger partial charge in [-0.1, -0.05) is 38.1 Å². The van der Waals surface area contributed by atoms with Gasteiger partial charge in [-0.3, -0.25) is 9.59 Å². The zero-order chi connectivity index (χ0) is 14.3. The summed E-state index contributed by atoms with van der Waals surface area (Å²) in [6.45, 7) is 6.40. The number of nitrogens with one attached hydrogen (secondary N) is 1. The Bertz CT molecular complexity index is 423. The second kappa shape index (κ2) is 7.72. The van der Waals surface area contributed by atoms with Crippen LogP contribution in [0, 0.1) is 0 Å². The number of hydrogen-bond acceptors (Lipinski definition) is 2. The van der Waals surface area contributed by atoms with Crippen molar-refractivity contribution in [3.05, 3.63) is 35.4 Å². The fourth-order valence-corrected chi connectivity index (χ4v) is 1.88. The molecule has 1 N–H and O–H groups in total. The van der Waals surface area contributed by atoms with Crippen LogP contribution in [-0.2, 0) is 16.0 Å². The molecule has 0 aliphatic rings. The molecule has 0 fully saturated rings. The molecule has 0 aliphatic heterocycles. The highest BCUT2D eigenvalue weighted by Crippen LogP contribution is 2.18. The van der Waals surface area contributed by atoms with Gasteiger partial charge >= 0.3 is 0 Å². The molecule has 0 saturated carbocycles. The molecule has 1 amide bonds. The average Bonchev–Trinajstić information content (AvgIpc) is 2.37. The summed E-state index contributed by atoms with van der Waals surface area (Å²) < 4.78 is 0. The fraction of sp³-hybridized carbons (Fsp3) is 0.500. The minimum Gasteiger partial charge on any atom is -0.355 e. The number of carbonyl (C=O) groups excluding carboxylic acids is 2. The predicted molar refractivity (Wildman–Crippen MR) is 77.2 cm³/mol. The largest absolute Gasteiger partial charge is 0.355 e. The van der Waals surface area contributed by atoms with Crippen LogP contribution in [0.1, 0.15) is 50.7 Å². The van der Waals surface area contributed by atoms with E-state index in [1.54, 1.807) is 0 Å². The summed E-state index contributed by atoms with van der Waals surface area (Å²) in [5.74, 6) is 0.295. The van der Waals surface area contributed by atoms with Crippen molar-refractivity contribution in [2.75, 3.05) is 6.54 Å². The van der Waals surface area contributed by atoms with Gasteiger partial charge in [0.1, 0.15) is 5.78 Å². The predicted octanol–water partition coefficient (Wildman–Crippen LogP) is 2.84. The van der Waals surface area contributed by atoms with E-state index in [-0.39, 0.29) is 18.1 Å². The van der Waals surface area contributed by atoms with E-state index in [1.165, 1.54) is 18.1 Å². The third-order valence-corrected chi connectivity index (χ3v) is 3.31. The Hall–Kier alpha value is -1.64. The van der Waals surface area contributed by atoms with Crippen LogP contribution >= 0.6 is 0 Å². The molecular formula is C16H23NO2. The van der Waals surface area contributed by atoms with Gasteiger partial charge in [-0.25, -0.2) is 0 Å². The quantitative estimate of drug-likeness (QED) is 0.767. The average molecular weight is 261 g/mol. The van der Waals surface area contributed by atoms with Crippen molar-refractivity contribution in [3.8, 4) is 0 Å². The third-order valence-electron chi connectivity index (χ3n) is 3.31. The van der Waals surface area contributed by atoms with E-state index in [2.05, 4.69) is 43.4 Å². The standard InChI is InChI=1S/C16H23NO2/c1-4-12(2)15-7-5-14(6-8-15)9-10-17-16(19)11-13(3)18/h5-8,12H,4,9-11H2,1-3H3,(H,17,19). The van der Waals surface area contributed by atoms with E-state index < -0.39 is 0 Å². The maximum absolute atomic E-state index is 11.3. The van der Waals surface area contributed by atoms with Crippen LogP contribution in [0.4, 0.5) is 0 Å². The van der Waals surface area contributed by atoms with Gasteiger partial charge in [0.25, 0.3) is 0 Å². The first kappa shape index (κ1) is 15.4. The van der Waals surface area contributed by atoms with Crippen LogP contribution in [0.3, 0.4) is 0 Å². The van der Waals surface area contributed by atoms with Crippen molar-refractivity contribution < 1.29 is 9.59 Å². The highest BCUT2D eigenvalue weighted by atomic mass is 16.2. The summed E-state index contributed by atoms with van der Waals surface area (Å²) in [5.41, 5.74) is 2.56. The number of amides is 1. The number of carbonyl (C=O) groups is 2. The normalized spacial score (nSPS) is 11.9. The van der Waals surface area contributed by atoms with Crippen molar-refractivity contribution in [3.63, 3.8) is 0 Å². The highest BCUT2D eigenvalue weighted by Gasteiger charge is 2.05. The Morgan fingerprint density at radius 1 is 1.21 bits per heavy atom. The molecule has 0 saturated heterocycles. The summed E-state index contributed by atoms with van der Waals surface area (Å²) >= 11 is 0. The Kier molecular flexibility index (Phi) is 6.26. The molecule has 19 heavy (non-hydrogen) atoms. The van der Waals surface area contributed by atoms with Crippen molar-refractivity contribution >= 4 is 11.7 Å². The Balaban J connectivity index is 2.38. The van der Waals surface area contributed by atoms with Crippen LogP contribution in [-0.4, -0.2) is 18.2 Å². The summed E-state index contributed by atoms with van der Waals surface area (Å²) in [4.78, 5) is 22.1. The van der Waals surface area contributed by atoms with Gasteiger partial charge in [0.05, 0.1) is 6.42 Å². The molecule has 0 bridgehead atoms. The molecule has 0 spiro atoms. The van der Waals surface area contributed by atoms with Crippen molar-refractivity contribution in [2.24, 2.45) is 0 Å². The van der Waals surface area contributed by atoms with Crippen molar-refractivity contribution in [1.29, 1.82) is 0 Å². The zero-order valence-corrected chi connectivity index (χ0v) is 12.0. The number of Topliss-reactive ketones (excluding diaryl/α,β-unsaturated/α-hetero) is 1. The summed E-state index contributed by atoms with van der Waals surface area (Å²) in [6, 6.07) is 8.53. The molecule has 3 heteroatoms. The SMILES string of the molecule is CCC(C)c1ccc(CCNC(=O)CC(C)=O)cc1. The fourth-order valence-electron chi connectivity index (χ4n) is 1.88. The van der Waals surface area contributed by atoms with Gasteiger partial charge in [-0.15, -0.1) is 0 Å². The third kappa shape index (κ3) is 5.69. The van der Waals surface area contributed by atoms with Crippen LogP contribution < -0.4 is 5.32 Å². The molecule has 104 valence electrons. The molecule has 3 nitrogen and oxygen atoms in total. The van der Waals surface area contributed by atoms with Crippen LogP contribution in [0.5, 0.6) is 0 Å². The molecule has 1 rings (SSSR count). The molecule has 0 radical (unpaired) electrons. The monoisotopic (exact) mass is 261 g/mol. The lowest BCUT2D eigenvalue weighted by atomic mass is 9.97. The Morgan fingerprint density at radius 2 is 1.84 bits per heavy atom. The van der Waals surface area contributed by atoms with Crippen LogP contribution in [0.2, 0.25) is 0 Å². The van der Waals surface area contributed by atoms with Gasteiger partial charge < -0.3 is 5.32 Å². The van der Waals surface area contributed by atoms with E-state index in [4.69, 9.17) is 0 Å². The number of benzene rings is 1. The Morgan fingerprint density at radius 3 is 2.37 bits per heavy atom. The topological polar surface area (TPSA) is 46.2 Å². The van der Waals surface area contributed by atoms with E-state index in [9.17, 15) is 9.59 Å². The molecule has 0 aliphatic carbocycles. The zero-order valence-electron chi connectivity index (χ0n) is 12.0. The first-order valence-electron chi connectivity index (χ1n) is 6.88. The minimum atomic E-state index is -0.191. The van der Waals surface area contributed by atoms with Gasteiger partial charge in [0.15, 0.2) is 0 Å². The number of hydrogen-bond donors (Lipinski definition) is 1. The smallest absolute Gasteiger partial charge is 0.227 e. The van der Waals surface area contributed by atoms with E-state index in [1.807, 2.05) is 0 Å². The molecular weight excluding hydrogens is 238 g/mol. The van der Waals surface area contributed by atoms with Gasteiger partial charge in [0, 0.05) is 6.54 Å². The molecule has 1 aromatic carbocycles. The molecule has 1 unspecified atom stereocenters. The first-order valence-corrected chi connectivity index (χ1v) is 6.88. The maximum atomic E-state index is 11.3. The Labute approximate surface area is 115 Å². The minimum absolute atomic E-state index is 0.0209. The molecule has 1 atom stereocenters. The maximum Gasteiger partial charge on any atom is 0.227 e. The summed E-state index contributed by atoms with van der Waals surface area (Å²) in [5, 5.41) is 2.75. The molecule has 0 aromatic heterocycles. The van der Waals surface area contributed by atoms with Crippen molar-refractivity contribution in [1.82, 2.24) is 5.32 Å². The van der Waals surface area contributed by atoms with Crippen molar-refractivity contribution in [2.45, 2.75) is 46.0 Å². The number of ketones is 1. The summed E-state index contributed by atoms with van der Waals surface area (Å²) in [6.07, 6.45) is 1.91.